The average molecular weight is 286 g/mol. The number of nitro benzene ring substituents is 1. The second-order valence-corrected chi connectivity index (χ2v) is 5.62. The Balaban J connectivity index is 2.61. The van der Waals surface area contributed by atoms with E-state index in [0.717, 1.165) is 4.90 Å². The van der Waals surface area contributed by atoms with Crippen molar-refractivity contribution < 1.29 is 4.92 Å². The van der Waals surface area contributed by atoms with Gasteiger partial charge in [-0.15, -0.1) is 0 Å². The molecule has 1 saturated heterocycles. The summed E-state index contributed by atoms with van der Waals surface area (Å²) < 4.78 is 0. The molecule has 1 aromatic carbocycles. The molecule has 2 rings (SSSR count). The van der Waals surface area contributed by atoms with Gasteiger partial charge in [0.05, 0.1) is 67.7 Å². The second kappa shape index (κ2) is 5.20. The van der Waals surface area contributed by atoms with Crippen molar-refractivity contribution in [1.29, 1.82) is 0 Å². The SMILES string of the molecule is [B]C1([B])NC([B])([B])C([B])([B])N(c2ccc([N+](=O)[O-])cc2)C1([B])[B]. The number of nitrogens with zero attached hydrogens (tertiary/aromatic N) is 2. The van der Waals surface area contributed by atoms with Crippen molar-refractivity contribution in [2.24, 2.45) is 0 Å². The van der Waals surface area contributed by atoms with Gasteiger partial charge in [-0.25, -0.2) is 0 Å². The van der Waals surface area contributed by atoms with E-state index in [1.807, 2.05) is 0 Å². The first-order valence-electron chi connectivity index (χ1n) is 6.39. The standard InChI is InChI=1S/C10H5B8N3O2/c11-7(12)9(15,16)20(10(17,18)8(13,14)19-7)5-1-3-6(4-2-5)21(22)23/h1-4,19H. The van der Waals surface area contributed by atoms with Crippen LogP contribution in [0.2, 0.25) is 0 Å². The largest absolute Gasteiger partial charge is 0.394 e. The van der Waals surface area contributed by atoms with E-state index in [2.05, 4.69) is 5.32 Å². The number of hydrogen-bond acceptors (Lipinski definition) is 4. The number of piperazine rings is 1. The smallest absolute Gasteiger partial charge is 0.269 e. The molecule has 1 N–H and O–H groups in total. The molecule has 1 aliphatic rings. The maximum Gasteiger partial charge on any atom is 0.269 e. The molecule has 1 fully saturated rings. The number of rotatable bonds is 2. The van der Waals surface area contributed by atoms with E-state index in [1.54, 1.807) is 0 Å². The van der Waals surface area contributed by atoms with E-state index in [1.165, 1.54) is 24.3 Å². The van der Waals surface area contributed by atoms with Crippen LogP contribution in [0.4, 0.5) is 11.4 Å². The van der Waals surface area contributed by atoms with Crippen LogP contribution in [0.25, 0.3) is 0 Å². The third-order valence-corrected chi connectivity index (χ3v) is 3.80. The minimum Gasteiger partial charge on any atom is -0.394 e. The van der Waals surface area contributed by atoms with Gasteiger partial charge < -0.3 is 10.2 Å². The summed E-state index contributed by atoms with van der Waals surface area (Å²) in [6.07, 6.45) is 0. The van der Waals surface area contributed by atoms with Gasteiger partial charge in [-0.3, -0.25) is 10.1 Å². The summed E-state index contributed by atoms with van der Waals surface area (Å²) >= 11 is 0. The normalized spacial score (nSPS) is 23.9. The van der Waals surface area contributed by atoms with Crippen molar-refractivity contribution in [3.05, 3.63) is 34.4 Å². The van der Waals surface area contributed by atoms with Gasteiger partial charge in [0.1, 0.15) is 0 Å². The first-order valence-corrected chi connectivity index (χ1v) is 6.39. The zero-order valence-corrected chi connectivity index (χ0v) is 12.1. The number of hydrogen-bond donors (Lipinski definition) is 1. The van der Waals surface area contributed by atoms with Gasteiger partial charge in [0, 0.05) is 17.8 Å². The van der Waals surface area contributed by atoms with Crippen LogP contribution < -0.4 is 10.2 Å². The van der Waals surface area contributed by atoms with Crippen LogP contribution in [0, 0.1) is 10.1 Å². The Bertz CT molecular complexity index is 607. The van der Waals surface area contributed by atoms with Crippen LogP contribution in [-0.2, 0) is 0 Å². The summed E-state index contributed by atoms with van der Waals surface area (Å²) in [6.45, 7) is 0. The molecule has 1 aromatic rings. The molecule has 1 aliphatic heterocycles. The predicted molar refractivity (Wildman–Crippen MR) is 95.7 cm³/mol. The Morgan fingerprint density at radius 2 is 1.26 bits per heavy atom. The molecule has 0 atom stereocenters. The molecule has 16 radical (unpaired) electrons. The molecule has 5 nitrogen and oxygen atoms in total. The van der Waals surface area contributed by atoms with E-state index in [9.17, 15) is 10.1 Å². The highest BCUT2D eigenvalue weighted by atomic mass is 16.6. The summed E-state index contributed by atoms with van der Waals surface area (Å²) in [5, 5.41) is 5.12. The van der Waals surface area contributed by atoms with Gasteiger partial charge in [-0.05, 0) is 22.8 Å². The molecule has 0 amide bonds. The van der Waals surface area contributed by atoms with Gasteiger partial charge in [-0.1, -0.05) is 10.7 Å². The van der Waals surface area contributed by atoms with Crippen LogP contribution in [0.3, 0.4) is 0 Å². The number of non-ortho nitro benzene ring substituents is 1. The summed E-state index contributed by atoms with van der Waals surface area (Å²) in [6, 6.07) is 5.04. The Hall–Kier alpha value is -1.10. The summed E-state index contributed by atoms with van der Waals surface area (Å²) in [7, 11) is 47.5. The monoisotopic (exact) mass is 287 g/mol. The summed E-state index contributed by atoms with van der Waals surface area (Å²) in [4.78, 5) is 11.2. The predicted octanol–water partition coefficient (Wildman–Crippen LogP) is -3.03. The van der Waals surface area contributed by atoms with Crippen LogP contribution >= 0.6 is 0 Å². The lowest BCUT2D eigenvalue weighted by Gasteiger charge is -2.72. The van der Waals surface area contributed by atoms with Gasteiger partial charge >= 0.3 is 0 Å². The highest BCUT2D eigenvalue weighted by Gasteiger charge is 2.55. The molecule has 0 unspecified atom stereocenters. The topological polar surface area (TPSA) is 58.4 Å². The van der Waals surface area contributed by atoms with E-state index < -0.39 is 26.3 Å². The minimum atomic E-state index is -2.03. The fraction of sp³-hybridized carbons (Fsp3) is 0.400. The first kappa shape index (κ1) is 18.2. The number of anilines is 1. The highest BCUT2D eigenvalue weighted by Crippen LogP contribution is 2.39. The molecular weight excluding hydrogens is 281 g/mol. The van der Waals surface area contributed by atoms with Crippen molar-refractivity contribution in [2.45, 2.75) is 21.4 Å². The zero-order chi connectivity index (χ0) is 17.8. The minimum absolute atomic E-state index is 0.165. The first-order chi connectivity index (χ1) is 10.2. The number of nitrogens with one attached hydrogen (secondary N) is 1. The van der Waals surface area contributed by atoms with Crippen molar-refractivity contribution in [3.8, 4) is 0 Å². The van der Waals surface area contributed by atoms with Crippen LogP contribution in [-0.4, -0.2) is 89.0 Å². The van der Waals surface area contributed by atoms with E-state index in [0.29, 0.717) is 0 Å². The molecule has 0 spiro atoms. The molecule has 96 valence electrons. The van der Waals surface area contributed by atoms with E-state index >= 15 is 0 Å². The third-order valence-electron chi connectivity index (χ3n) is 3.80. The van der Waals surface area contributed by atoms with Crippen molar-refractivity contribution in [3.63, 3.8) is 0 Å². The van der Waals surface area contributed by atoms with Gasteiger partial charge in [0.2, 0.25) is 0 Å². The Labute approximate surface area is 145 Å². The van der Waals surface area contributed by atoms with Crippen LogP contribution in [0.15, 0.2) is 24.3 Å². The Morgan fingerprint density at radius 3 is 1.61 bits per heavy atom. The number of benzene rings is 1. The van der Waals surface area contributed by atoms with E-state index in [-0.39, 0.29) is 11.4 Å². The van der Waals surface area contributed by atoms with Crippen LogP contribution in [0.5, 0.6) is 0 Å². The van der Waals surface area contributed by atoms with Gasteiger partial charge in [0.25, 0.3) is 5.69 Å². The highest BCUT2D eigenvalue weighted by molar-refractivity contribution is 6.62. The molecule has 0 saturated carbocycles. The lowest BCUT2D eigenvalue weighted by molar-refractivity contribution is -0.384. The van der Waals surface area contributed by atoms with Gasteiger partial charge in [-0.2, -0.15) is 0 Å². The van der Waals surface area contributed by atoms with Crippen LogP contribution in [0.1, 0.15) is 0 Å². The molecule has 0 aromatic heterocycles. The summed E-state index contributed by atoms with van der Waals surface area (Å²) in [5.41, 5.74) is 0.0225. The quantitative estimate of drug-likeness (QED) is 0.357. The van der Waals surface area contributed by atoms with Crippen molar-refractivity contribution in [2.75, 3.05) is 4.90 Å². The Kier molecular flexibility index (Phi) is 4.12. The second-order valence-electron chi connectivity index (χ2n) is 5.62. The Morgan fingerprint density at radius 1 is 0.870 bits per heavy atom. The summed E-state index contributed by atoms with van der Waals surface area (Å²) in [5.74, 6) is 0. The van der Waals surface area contributed by atoms with Crippen molar-refractivity contribution >= 4 is 74.1 Å². The third kappa shape index (κ3) is 2.67. The molecular formula is C10H5B8N3O2. The van der Waals surface area contributed by atoms with E-state index in [4.69, 9.17) is 62.8 Å². The maximum atomic E-state index is 10.8. The lowest BCUT2D eigenvalue weighted by Crippen LogP contribution is -2.92. The molecule has 0 aliphatic carbocycles. The lowest BCUT2D eigenvalue weighted by atomic mass is 9.27. The fourth-order valence-corrected chi connectivity index (χ4v) is 2.37. The number of nitro groups is 1. The van der Waals surface area contributed by atoms with Crippen molar-refractivity contribution in [1.82, 2.24) is 5.32 Å². The zero-order valence-electron chi connectivity index (χ0n) is 12.1. The van der Waals surface area contributed by atoms with Gasteiger partial charge in [0.15, 0.2) is 0 Å². The molecule has 0 bridgehead atoms. The molecule has 1 heterocycles. The molecule has 13 heteroatoms. The molecule has 23 heavy (non-hydrogen) atoms. The average Bonchev–Trinajstić information content (AvgIpc) is 2.36. The fourth-order valence-electron chi connectivity index (χ4n) is 2.37. The maximum absolute atomic E-state index is 10.8.